The number of hydroxylamine groups is 1. The molecule has 1 aromatic carbocycles. The lowest BCUT2D eigenvalue weighted by Gasteiger charge is -1.97. The van der Waals surface area contributed by atoms with Crippen LogP contribution < -0.4 is 5.48 Å². The van der Waals surface area contributed by atoms with E-state index >= 15 is 0 Å². The third kappa shape index (κ3) is 2.27. The number of nitrogens with one attached hydrogen (secondary N) is 1. The number of hydrogen-bond donors (Lipinski definition) is 2. The van der Waals surface area contributed by atoms with Crippen LogP contribution in [0.15, 0.2) is 23.2 Å². The number of aryl methyl sites for hydroxylation is 1. The molecule has 0 saturated heterocycles. The van der Waals surface area contributed by atoms with Gasteiger partial charge in [-0.1, -0.05) is 6.07 Å². The van der Waals surface area contributed by atoms with Crippen molar-refractivity contribution < 1.29 is 10.1 Å². The van der Waals surface area contributed by atoms with Gasteiger partial charge >= 0.3 is 0 Å². The Morgan fingerprint density at radius 3 is 2.93 bits per heavy atom. The monoisotopic (exact) mass is 195 g/mol. The Kier molecular flexibility index (Phi) is 3.14. The first-order chi connectivity index (χ1) is 6.65. The molecule has 1 rings (SSSR count). The molecule has 0 saturated carbocycles. The maximum atomic E-state index is 10.6. The van der Waals surface area contributed by atoms with E-state index in [2.05, 4.69) is 4.99 Å². The van der Waals surface area contributed by atoms with Gasteiger partial charge < -0.3 is 0 Å². The fourth-order valence-electron chi connectivity index (χ4n) is 0.987. The van der Waals surface area contributed by atoms with Crippen LogP contribution in [0.3, 0.4) is 0 Å². The lowest BCUT2D eigenvalue weighted by atomic mass is 10.2. The van der Waals surface area contributed by atoms with Crippen molar-refractivity contribution in [1.82, 2.24) is 5.48 Å². The zero-order valence-corrected chi connectivity index (χ0v) is 7.47. The molecule has 0 fully saturated rings. The second-order valence-electron chi connectivity index (χ2n) is 2.64. The van der Waals surface area contributed by atoms with E-state index in [1.165, 1.54) is 12.1 Å². The number of nitro groups is 1. The molecule has 0 bridgehead atoms. The molecule has 0 aliphatic rings. The zero-order valence-electron chi connectivity index (χ0n) is 7.47. The summed E-state index contributed by atoms with van der Waals surface area (Å²) in [5, 5.41) is 18.8. The molecule has 0 spiro atoms. The molecule has 14 heavy (non-hydrogen) atoms. The summed E-state index contributed by atoms with van der Waals surface area (Å²) in [5.74, 6) is 0. The van der Waals surface area contributed by atoms with Crippen molar-refractivity contribution in [3.63, 3.8) is 0 Å². The molecule has 74 valence electrons. The van der Waals surface area contributed by atoms with Crippen molar-refractivity contribution in [2.75, 3.05) is 0 Å². The second kappa shape index (κ2) is 4.33. The van der Waals surface area contributed by atoms with Crippen LogP contribution in [0.4, 0.5) is 11.4 Å². The van der Waals surface area contributed by atoms with Gasteiger partial charge in [-0.25, -0.2) is 4.99 Å². The molecule has 0 aliphatic carbocycles. The van der Waals surface area contributed by atoms with Crippen LogP contribution in [-0.2, 0) is 0 Å². The molecule has 0 amide bonds. The molecule has 0 aromatic heterocycles. The summed E-state index contributed by atoms with van der Waals surface area (Å²) in [6.07, 6.45) is 0.970. The maximum absolute atomic E-state index is 10.6. The standard InChI is InChI=1S/C8H9N3O3/c1-6-2-3-7(9-5-10-12)8(4-6)11(13)14/h2-5,12H,1H3,(H,9,10). The fraction of sp³-hybridized carbons (Fsp3) is 0.125. The first kappa shape index (κ1) is 10.1. The molecule has 0 unspecified atom stereocenters. The van der Waals surface area contributed by atoms with E-state index in [1.54, 1.807) is 18.5 Å². The molecule has 0 atom stereocenters. The Labute approximate surface area is 80.0 Å². The SMILES string of the molecule is Cc1ccc(N=CNO)c([N+](=O)[O-])c1. The van der Waals surface area contributed by atoms with Crippen LogP contribution in [0.25, 0.3) is 0 Å². The topological polar surface area (TPSA) is 87.8 Å². The van der Waals surface area contributed by atoms with Gasteiger partial charge in [0.05, 0.1) is 4.92 Å². The molecule has 2 N–H and O–H groups in total. The highest BCUT2D eigenvalue weighted by atomic mass is 16.6. The van der Waals surface area contributed by atoms with Crippen LogP contribution in [0.2, 0.25) is 0 Å². The summed E-state index contributed by atoms with van der Waals surface area (Å²) in [6.45, 7) is 1.75. The average molecular weight is 195 g/mol. The van der Waals surface area contributed by atoms with Crippen LogP contribution in [0.5, 0.6) is 0 Å². The molecule has 0 heterocycles. The summed E-state index contributed by atoms with van der Waals surface area (Å²) in [4.78, 5) is 13.7. The van der Waals surface area contributed by atoms with Gasteiger partial charge in [-0.15, -0.1) is 0 Å². The van der Waals surface area contributed by atoms with Crippen molar-refractivity contribution in [1.29, 1.82) is 0 Å². The van der Waals surface area contributed by atoms with Crippen molar-refractivity contribution in [2.24, 2.45) is 4.99 Å². The molecule has 0 aliphatic heterocycles. The average Bonchev–Trinajstić information content (AvgIpc) is 2.15. The van der Waals surface area contributed by atoms with Crippen LogP contribution in [0, 0.1) is 17.0 Å². The Morgan fingerprint density at radius 2 is 2.36 bits per heavy atom. The third-order valence-electron chi connectivity index (χ3n) is 1.59. The van der Waals surface area contributed by atoms with E-state index in [0.717, 1.165) is 11.9 Å². The Morgan fingerprint density at radius 1 is 1.64 bits per heavy atom. The van der Waals surface area contributed by atoms with E-state index in [4.69, 9.17) is 5.21 Å². The summed E-state index contributed by atoms with van der Waals surface area (Å²) in [6, 6.07) is 4.64. The number of aliphatic imine (C=N–C) groups is 1. The smallest absolute Gasteiger partial charge is 0.290 e. The second-order valence-corrected chi connectivity index (χ2v) is 2.64. The molecule has 6 nitrogen and oxygen atoms in total. The summed E-state index contributed by atoms with van der Waals surface area (Å²) < 4.78 is 0. The van der Waals surface area contributed by atoms with Gasteiger partial charge in [0.25, 0.3) is 5.69 Å². The van der Waals surface area contributed by atoms with Gasteiger partial charge in [0.15, 0.2) is 0 Å². The minimum Gasteiger partial charge on any atom is -0.290 e. The largest absolute Gasteiger partial charge is 0.295 e. The Hall–Kier alpha value is -1.95. The van der Waals surface area contributed by atoms with Gasteiger partial charge in [-0.05, 0) is 18.6 Å². The van der Waals surface area contributed by atoms with Gasteiger partial charge in [0, 0.05) is 6.07 Å². The van der Waals surface area contributed by atoms with Gasteiger partial charge in [-0.2, -0.15) is 0 Å². The minimum atomic E-state index is -0.517. The van der Waals surface area contributed by atoms with Crippen LogP contribution >= 0.6 is 0 Å². The summed E-state index contributed by atoms with van der Waals surface area (Å²) in [5.41, 5.74) is 2.58. The van der Waals surface area contributed by atoms with Crippen molar-refractivity contribution in [3.8, 4) is 0 Å². The predicted octanol–water partition coefficient (Wildman–Crippen LogP) is 1.54. The van der Waals surface area contributed by atoms with Gasteiger partial charge in [0.1, 0.15) is 12.0 Å². The van der Waals surface area contributed by atoms with Crippen molar-refractivity contribution in [3.05, 3.63) is 33.9 Å². The summed E-state index contributed by atoms with van der Waals surface area (Å²) >= 11 is 0. The number of benzene rings is 1. The molecule has 0 radical (unpaired) electrons. The first-order valence-electron chi connectivity index (χ1n) is 3.82. The number of nitrogens with zero attached hydrogens (tertiary/aromatic N) is 2. The van der Waals surface area contributed by atoms with E-state index in [-0.39, 0.29) is 11.4 Å². The lowest BCUT2D eigenvalue weighted by molar-refractivity contribution is -0.384. The highest BCUT2D eigenvalue weighted by Gasteiger charge is 2.11. The molecule has 1 aromatic rings. The Bertz CT molecular complexity index is 376. The minimum absolute atomic E-state index is 0.0866. The first-order valence-corrected chi connectivity index (χ1v) is 3.82. The normalized spacial score (nSPS) is 10.4. The van der Waals surface area contributed by atoms with Crippen molar-refractivity contribution >= 4 is 17.7 Å². The van der Waals surface area contributed by atoms with E-state index in [1.807, 2.05) is 0 Å². The highest BCUT2D eigenvalue weighted by molar-refractivity contribution is 5.67. The molecular weight excluding hydrogens is 186 g/mol. The quantitative estimate of drug-likeness (QED) is 0.331. The third-order valence-corrected chi connectivity index (χ3v) is 1.59. The fourth-order valence-corrected chi connectivity index (χ4v) is 0.987. The van der Waals surface area contributed by atoms with Crippen LogP contribution in [-0.4, -0.2) is 16.5 Å². The van der Waals surface area contributed by atoms with E-state index in [9.17, 15) is 10.1 Å². The van der Waals surface area contributed by atoms with Crippen LogP contribution in [0.1, 0.15) is 5.56 Å². The lowest BCUT2D eigenvalue weighted by Crippen LogP contribution is -2.01. The predicted molar refractivity (Wildman–Crippen MR) is 50.9 cm³/mol. The van der Waals surface area contributed by atoms with Gasteiger partial charge in [0.2, 0.25) is 0 Å². The van der Waals surface area contributed by atoms with E-state index < -0.39 is 4.92 Å². The summed E-state index contributed by atoms with van der Waals surface area (Å²) in [7, 11) is 0. The molecule has 6 heteroatoms. The number of hydrogen-bond acceptors (Lipinski definition) is 4. The van der Waals surface area contributed by atoms with Gasteiger partial charge in [-0.3, -0.25) is 20.8 Å². The molecular formula is C8H9N3O3. The maximum Gasteiger partial charge on any atom is 0.295 e. The zero-order chi connectivity index (χ0) is 10.6. The van der Waals surface area contributed by atoms with Crippen molar-refractivity contribution in [2.45, 2.75) is 6.92 Å². The highest BCUT2D eigenvalue weighted by Crippen LogP contribution is 2.27. The number of rotatable bonds is 3. The number of nitro benzene ring substituents is 1. The Balaban J connectivity index is 3.15. The van der Waals surface area contributed by atoms with E-state index in [0.29, 0.717) is 0 Å².